The maximum atomic E-state index is 13.9. The normalized spacial score (nSPS) is 23.0. The van der Waals surface area contributed by atoms with Crippen LogP contribution in [0.15, 0.2) is 12.1 Å². The van der Waals surface area contributed by atoms with Gasteiger partial charge < -0.3 is 10.2 Å². The number of carbonyl (C=O) groups excluding carboxylic acids is 1. The zero-order valence-electron chi connectivity index (χ0n) is 12.9. The third kappa shape index (κ3) is 3.00. The lowest BCUT2D eigenvalue weighted by Crippen LogP contribution is -2.43. The third-order valence-electron chi connectivity index (χ3n) is 4.97. The Morgan fingerprint density at radius 3 is 2.55 bits per heavy atom. The second-order valence-electron chi connectivity index (χ2n) is 6.41. The number of halogens is 2. The van der Waals surface area contributed by atoms with Crippen LogP contribution in [0.1, 0.15) is 41.6 Å². The van der Waals surface area contributed by atoms with Gasteiger partial charge in [-0.1, -0.05) is 0 Å². The molecular weight excluding hydrogens is 286 g/mol. The number of nitrogens with zero attached hydrogens (tertiary/aromatic N) is 1. The van der Waals surface area contributed by atoms with Crippen LogP contribution in [0, 0.1) is 24.5 Å². The summed E-state index contributed by atoms with van der Waals surface area (Å²) in [5.74, 6) is -1.10. The molecule has 3 nitrogen and oxygen atoms in total. The van der Waals surface area contributed by atoms with E-state index in [1.165, 1.54) is 18.9 Å². The van der Waals surface area contributed by atoms with E-state index in [0.29, 0.717) is 30.6 Å². The highest BCUT2D eigenvalue weighted by Crippen LogP contribution is 2.27. The lowest BCUT2D eigenvalue weighted by atomic mass is 9.88. The summed E-state index contributed by atoms with van der Waals surface area (Å²) in [6.45, 7) is 3.93. The van der Waals surface area contributed by atoms with E-state index in [9.17, 15) is 13.6 Å². The van der Waals surface area contributed by atoms with Crippen molar-refractivity contribution >= 4 is 5.91 Å². The van der Waals surface area contributed by atoms with Crippen molar-refractivity contribution in [2.24, 2.45) is 5.92 Å². The summed E-state index contributed by atoms with van der Waals surface area (Å²) in [7, 11) is 0. The molecular formula is C17H22F2N2O. The zero-order chi connectivity index (χ0) is 15.7. The Balaban J connectivity index is 1.65. The molecule has 22 heavy (non-hydrogen) atoms. The minimum absolute atomic E-state index is 0.0173. The Bertz CT molecular complexity index is 562. The molecule has 0 spiro atoms. The molecule has 1 unspecified atom stereocenters. The van der Waals surface area contributed by atoms with Crippen LogP contribution in [0.4, 0.5) is 8.78 Å². The zero-order valence-corrected chi connectivity index (χ0v) is 12.9. The van der Waals surface area contributed by atoms with Crippen molar-refractivity contribution in [2.45, 2.75) is 38.6 Å². The average Bonchev–Trinajstić information content (AvgIpc) is 3.05. The van der Waals surface area contributed by atoms with E-state index in [-0.39, 0.29) is 11.5 Å². The minimum atomic E-state index is -0.771. The number of likely N-dealkylation sites (tertiary alicyclic amines) is 1. The third-order valence-corrected chi connectivity index (χ3v) is 4.97. The Morgan fingerprint density at radius 1 is 1.18 bits per heavy atom. The van der Waals surface area contributed by atoms with E-state index < -0.39 is 11.6 Å². The van der Waals surface area contributed by atoms with E-state index in [4.69, 9.17) is 0 Å². The quantitative estimate of drug-likeness (QED) is 0.911. The van der Waals surface area contributed by atoms with Crippen LogP contribution in [0.2, 0.25) is 0 Å². The van der Waals surface area contributed by atoms with Crippen LogP contribution in [-0.2, 0) is 0 Å². The molecule has 1 aromatic rings. The molecule has 2 fully saturated rings. The second-order valence-corrected chi connectivity index (χ2v) is 6.41. The highest BCUT2D eigenvalue weighted by atomic mass is 19.1. The summed E-state index contributed by atoms with van der Waals surface area (Å²) in [6.07, 6.45) is 4.34. The smallest absolute Gasteiger partial charge is 0.256 e. The molecule has 120 valence electrons. The molecule has 1 aromatic carbocycles. The summed E-state index contributed by atoms with van der Waals surface area (Å²) >= 11 is 0. The molecule has 0 aliphatic carbocycles. The number of carbonyl (C=O) groups is 1. The minimum Gasteiger partial charge on any atom is -0.339 e. The van der Waals surface area contributed by atoms with Gasteiger partial charge in [0, 0.05) is 25.2 Å². The van der Waals surface area contributed by atoms with Crippen LogP contribution in [0.5, 0.6) is 0 Å². The summed E-state index contributed by atoms with van der Waals surface area (Å²) in [6, 6.07) is 2.69. The van der Waals surface area contributed by atoms with Gasteiger partial charge in [-0.15, -0.1) is 0 Å². The molecule has 5 heteroatoms. The van der Waals surface area contributed by atoms with Gasteiger partial charge in [0.15, 0.2) is 0 Å². The van der Waals surface area contributed by atoms with Gasteiger partial charge in [0.05, 0.1) is 5.56 Å². The summed E-state index contributed by atoms with van der Waals surface area (Å²) in [4.78, 5) is 14.2. The molecule has 3 rings (SSSR count). The number of amides is 1. The van der Waals surface area contributed by atoms with Gasteiger partial charge in [0.1, 0.15) is 11.6 Å². The lowest BCUT2D eigenvalue weighted by molar-refractivity contribution is 0.0669. The summed E-state index contributed by atoms with van der Waals surface area (Å²) in [5.41, 5.74) is 0.283. The summed E-state index contributed by atoms with van der Waals surface area (Å²) < 4.78 is 27.2. The number of piperidine rings is 1. The first-order valence-corrected chi connectivity index (χ1v) is 8.04. The van der Waals surface area contributed by atoms with Crippen molar-refractivity contribution < 1.29 is 13.6 Å². The largest absolute Gasteiger partial charge is 0.339 e. The Kier molecular flexibility index (Phi) is 4.43. The van der Waals surface area contributed by atoms with Crippen LogP contribution >= 0.6 is 0 Å². The number of hydrogen-bond acceptors (Lipinski definition) is 2. The fraction of sp³-hybridized carbons (Fsp3) is 0.588. The monoisotopic (exact) mass is 308 g/mol. The van der Waals surface area contributed by atoms with Gasteiger partial charge in [-0.05, 0) is 56.7 Å². The molecule has 1 N–H and O–H groups in total. The van der Waals surface area contributed by atoms with Crippen molar-refractivity contribution in [3.63, 3.8) is 0 Å². The predicted molar refractivity (Wildman–Crippen MR) is 80.7 cm³/mol. The van der Waals surface area contributed by atoms with Gasteiger partial charge in [-0.2, -0.15) is 0 Å². The Morgan fingerprint density at radius 2 is 1.91 bits per heavy atom. The van der Waals surface area contributed by atoms with Crippen molar-refractivity contribution in [1.29, 1.82) is 0 Å². The van der Waals surface area contributed by atoms with Crippen molar-refractivity contribution in [3.8, 4) is 0 Å². The fourth-order valence-electron chi connectivity index (χ4n) is 3.61. The van der Waals surface area contributed by atoms with Gasteiger partial charge >= 0.3 is 0 Å². The lowest BCUT2D eigenvalue weighted by Gasteiger charge is -2.35. The van der Waals surface area contributed by atoms with Gasteiger partial charge in [-0.3, -0.25) is 4.79 Å². The topological polar surface area (TPSA) is 32.3 Å². The second kappa shape index (κ2) is 6.32. The van der Waals surface area contributed by atoms with Gasteiger partial charge in [0.25, 0.3) is 5.91 Å². The average molecular weight is 308 g/mol. The highest BCUT2D eigenvalue weighted by Gasteiger charge is 2.31. The maximum Gasteiger partial charge on any atom is 0.256 e. The molecule has 1 atom stereocenters. The van der Waals surface area contributed by atoms with E-state index >= 15 is 0 Å². The molecule has 2 heterocycles. The van der Waals surface area contributed by atoms with E-state index in [2.05, 4.69) is 5.32 Å². The molecule has 2 aliphatic rings. The number of hydrogen-bond donors (Lipinski definition) is 1. The van der Waals surface area contributed by atoms with E-state index in [1.54, 1.807) is 11.8 Å². The first-order chi connectivity index (χ1) is 10.6. The molecule has 0 saturated carbocycles. The standard InChI is InChI=1S/C17H22F2N2O/c1-11-9-13(15(19)10-14(11)18)17(22)21-7-4-12(5-8-21)16-3-2-6-20-16/h9-10,12,16,20H,2-8H2,1H3. The van der Waals surface area contributed by atoms with E-state index in [1.807, 2.05) is 0 Å². The van der Waals surface area contributed by atoms with E-state index in [0.717, 1.165) is 25.5 Å². The Labute approximate surface area is 129 Å². The van der Waals surface area contributed by atoms with Crippen molar-refractivity contribution in [2.75, 3.05) is 19.6 Å². The number of benzene rings is 1. The van der Waals surface area contributed by atoms with Crippen molar-refractivity contribution in [1.82, 2.24) is 10.2 Å². The molecule has 2 aliphatic heterocycles. The first kappa shape index (κ1) is 15.4. The Hall–Kier alpha value is -1.49. The van der Waals surface area contributed by atoms with Crippen LogP contribution in [-0.4, -0.2) is 36.5 Å². The SMILES string of the molecule is Cc1cc(C(=O)N2CCC(C3CCCN3)CC2)c(F)cc1F. The highest BCUT2D eigenvalue weighted by molar-refractivity contribution is 5.94. The van der Waals surface area contributed by atoms with Gasteiger partial charge in [-0.25, -0.2) is 8.78 Å². The fourth-order valence-corrected chi connectivity index (χ4v) is 3.61. The molecule has 2 saturated heterocycles. The first-order valence-electron chi connectivity index (χ1n) is 8.04. The number of rotatable bonds is 2. The molecule has 0 aromatic heterocycles. The molecule has 0 radical (unpaired) electrons. The molecule has 1 amide bonds. The predicted octanol–water partition coefficient (Wildman–Crippen LogP) is 2.88. The number of aryl methyl sites for hydroxylation is 1. The van der Waals surface area contributed by atoms with Crippen LogP contribution < -0.4 is 5.32 Å². The van der Waals surface area contributed by atoms with Crippen LogP contribution in [0.3, 0.4) is 0 Å². The van der Waals surface area contributed by atoms with Crippen LogP contribution in [0.25, 0.3) is 0 Å². The van der Waals surface area contributed by atoms with Gasteiger partial charge in [0.2, 0.25) is 0 Å². The van der Waals surface area contributed by atoms with Crippen molar-refractivity contribution in [3.05, 3.63) is 34.9 Å². The number of nitrogens with one attached hydrogen (secondary N) is 1. The maximum absolute atomic E-state index is 13.9. The molecule has 0 bridgehead atoms. The summed E-state index contributed by atoms with van der Waals surface area (Å²) in [5, 5.41) is 3.52.